The number of piperidine rings is 1. The fraction of sp³-hybridized carbons (Fsp3) is 0.400. The summed E-state index contributed by atoms with van der Waals surface area (Å²) in [6.07, 6.45) is 3.50. The van der Waals surface area contributed by atoms with Gasteiger partial charge in [0, 0.05) is 6.54 Å². The molecule has 1 fully saturated rings. The van der Waals surface area contributed by atoms with Gasteiger partial charge in [0.25, 0.3) is 5.91 Å². The van der Waals surface area contributed by atoms with Gasteiger partial charge in [0.15, 0.2) is 5.76 Å². The van der Waals surface area contributed by atoms with Crippen molar-refractivity contribution >= 4 is 11.9 Å². The number of amides is 1. The minimum absolute atomic E-state index is 0.000440. The minimum Gasteiger partial charge on any atom is -0.497 e. The number of carboxylic acids is 1. The monoisotopic (exact) mass is 372 g/mol. The molecule has 144 valence electrons. The first kappa shape index (κ1) is 19.0. The summed E-state index contributed by atoms with van der Waals surface area (Å²) in [5, 5.41) is 11.8. The maximum absolute atomic E-state index is 12.4. The molecule has 7 heteroatoms. The van der Waals surface area contributed by atoms with Gasteiger partial charge in [-0.1, -0.05) is 18.6 Å². The Balaban J connectivity index is 1.71. The van der Waals surface area contributed by atoms with Gasteiger partial charge in [0.1, 0.15) is 5.75 Å². The van der Waals surface area contributed by atoms with Crippen molar-refractivity contribution in [3.05, 3.63) is 53.5 Å². The molecule has 0 bridgehead atoms. The van der Waals surface area contributed by atoms with Gasteiger partial charge >= 0.3 is 5.97 Å². The molecule has 1 amide bonds. The van der Waals surface area contributed by atoms with Gasteiger partial charge in [-0.05, 0) is 55.8 Å². The number of carboxylic acid groups (broad SMARTS) is 1. The van der Waals surface area contributed by atoms with Crippen molar-refractivity contribution in [3.8, 4) is 5.75 Å². The molecule has 27 heavy (non-hydrogen) atoms. The number of hydrogen-bond acceptors (Lipinski definition) is 5. The van der Waals surface area contributed by atoms with Crippen LogP contribution in [-0.4, -0.2) is 48.6 Å². The molecule has 2 aromatic rings. The molecular formula is C20H24N2O5. The van der Waals surface area contributed by atoms with E-state index in [1.807, 2.05) is 24.3 Å². The lowest BCUT2D eigenvalue weighted by atomic mass is 10.0. The van der Waals surface area contributed by atoms with Crippen LogP contribution in [0.4, 0.5) is 0 Å². The quantitative estimate of drug-likeness (QED) is 0.776. The highest BCUT2D eigenvalue weighted by molar-refractivity contribution is 5.93. The Bertz CT molecular complexity index is 778. The number of rotatable bonds is 7. The van der Waals surface area contributed by atoms with Crippen LogP contribution in [0.25, 0.3) is 0 Å². The van der Waals surface area contributed by atoms with Gasteiger partial charge in [-0.25, -0.2) is 4.79 Å². The number of methoxy groups -OCH3 is 1. The van der Waals surface area contributed by atoms with E-state index in [1.165, 1.54) is 18.6 Å². The molecule has 2 heterocycles. The minimum atomic E-state index is -1.20. The summed E-state index contributed by atoms with van der Waals surface area (Å²) < 4.78 is 10.3. The van der Waals surface area contributed by atoms with E-state index in [4.69, 9.17) is 14.3 Å². The van der Waals surface area contributed by atoms with Crippen molar-refractivity contribution in [3.63, 3.8) is 0 Å². The highest BCUT2D eigenvalue weighted by atomic mass is 16.5. The summed E-state index contributed by atoms with van der Waals surface area (Å²) in [7, 11) is 1.63. The van der Waals surface area contributed by atoms with Crippen molar-refractivity contribution in [1.29, 1.82) is 0 Å². The molecule has 2 N–H and O–H groups in total. The molecule has 1 aromatic carbocycles. The van der Waals surface area contributed by atoms with E-state index in [1.54, 1.807) is 7.11 Å². The average molecular weight is 372 g/mol. The lowest BCUT2D eigenvalue weighted by molar-refractivity contribution is 0.0659. The zero-order valence-corrected chi connectivity index (χ0v) is 15.3. The van der Waals surface area contributed by atoms with Crippen LogP contribution < -0.4 is 10.1 Å². The Morgan fingerprint density at radius 2 is 1.78 bits per heavy atom. The summed E-state index contributed by atoms with van der Waals surface area (Å²) in [4.78, 5) is 25.6. The molecular weight excluding hydrogens is 348 g/mol. The summed E-state index contributed by atoms with van der Waals surface area (Å²) in [5.74, 6) is -1.07. The SMILES string of the molecule is COc1ccc(C(CNC(=O)c2ccc(C(=O)O)o2)N2CCCCC2)cc1. The number of ether oxygens (including phenoxy) is 1. The van der Waals surface area contributed by atoms with Gasteiger partial charge < -0.3 is 19.6 Å². The second-order valence-corrected chi connectivity index (χ2v) is 6.56. The zero-order chi connectivity index (χ0) is 19.2. The average Bonchev–Trinajstić information content (AvgIpc) is 3.20. The Labute approximate surface area is 157 Å². The molecule has 1 aromatic heterocycles. The number of likely N-dealkylation sites (tertiary alicyclic amines) is 1. The molecule has 0 spiro atoms. The van der Waals surface area contributed by atoms with Crippen LogP contribution in [0, 0.1) is 0 Å². The number of furan rings is 1. The number of nitrogens with zero attached hydrogens (tertiary/aromatic N) is 1. The Kier molecular flexibility index (Phi) is 6.13. The number of nitrogens with one attached hydrogen (secondary N) is 1. The van der Waals surface area contributed by atoms with Crippen molar-refractivity contribution < 1.29 is 23.8 Å². The Morgan fingerprint density at radius 3 is 2.37 bits per heavy atom. The van der Waals surface area contributed by atoms with Crippen LogP contribution in [0.5, 0.6) is 5.75 Å². The molecule has 0 radical (unpaired) electrons. The largest absolute Gasteiger partial charge is 0.497 e. The lowest BCUT2D eigenvalue weighted by Gasteiger charge is -2.35. The van der Waals surface area contributed by atoms with E-state index >= 15 is 0 Å². The molecule has 1 aliphatic heterocycles. The molecule has 1 saturated heterocycles. The zero-order valence-electron chi connectivity index (χ0n) is 15.3. The number of carbonyl (C=O) groups excluding carboxylic acids is 1. The second-order valence-electron chi connectivity index (χ2n) is 6.56. The molecule has 1 unspecified atom stereocenters. The maximum Gasteiger partial charge on any atom is 0.371 e. The molecule has 1 atom stereocenters. The van der Waals surface area contributed by atoms with E-state index in [9.17, 15) is 9.59 Å². The van der Waals surface area contributed by atoms with E-state index < -0.39 is 11.9 Å². The topological polar surface area (TPSA) is 92.0 Å². The summed E-state index contributed by atoms with van der Waals surface area (Å²) in [5.41, 5.74) is 1.10. The lowest BCUT2D eigenvalue weighted by Crippen LogP contribution is -2.40. The van der Waals surface area contributed by atoms with Crippen LogP contribution in [0.2, 0.25) is 0 Å². The van der Waals surface area contributed by atoms with Crippen molar-refractivity contribution in [2.24, 2.45) is 0 Å². The van der Waals surface area contributed by atoms with Crippen LogP contribution in [0.15, 0.2) is 40.8 Å². The third-order valence-corrected chi connectivity index (χ3v) is 4.83. The predicted molar refractivity (Wildman–Crippen MR) is 99.2 cm³/mol. The van der Waals surface area contributed by atoms with E-state index in [2.05, 4.69) is 10.2 Å². The van der Waals surface area contributed by atoms with Crippen LogP contribution in [0.3, 0.4) is 0 Å². The number of hydrogen-bond donors (Lipinski definition) is 2. The van der Waals surface area contributed by atoms with Crippen molar-refractivity contribution in [1.82, 2.24) is 10.2 Å². The first-order chi connectivity index (χ1) is 13.1. The van der Waals surface area contributed by atoms with Gasteiger partial charge in [-0.3, -0.25) is 9.69 Å². The second kappa shape index (κ2) is 8.73. The van der Waals surface area contributed by atoms with Crippen LogP contribution >= 0.6 is 0 Å². The molecule has 1 aliphatic rings. The third-order valence-electron chi connectivity index (χ3n) is 4.83. The number of carbonyl (C=O) groups is 2. The summed E-state index contributed by atoms with van der Waals surface area (Å²) >= 11 is 0. The summed E-state index contributed by atoms with van der Waals surface area (Å²) in [6, 6.07) is 10.6. The fourth-order valence-corrected chi connectivity index (χ4v) is 3.37. The Morgan fingerprint density at radius 1 is 1.11 bits per heavy atom. The first-order valence-electron chi connectivity index (χ1n) is 9.08. The first-order valence-corrected chi connectivity index (χ1v) is 9.08. The Hall–Kier alpha value is -2.80. The fourth-order valence-electron chi connectivity index (χ4n) is 3.37. The van der Waals surface area contributed by atoms with E-state index in [-0.39, 0.29) is 17.6 Å². The number of aromatic carboxylic acids is 1. The third kappa shape index (κ3) is 4.68. The predicted octanol–water partition coefficient (Wildman–Crippen LogP) is 2.94. The van der Waals surface area contributed by atoms with Crippen LogP contribution in [0.1, 0.15) is 52.0 Å². The standard InChI is InChI=1S/C20H24N2O5/c1-26-15-7-5-14(6-8-15)16(22-11-3-2-4-12-22)13-21-19(23)17-9-10-18(27-17)20(24)25/h5-10,16H,2-4,11-13H2,1H3,(H,21,23)(H,24,25). The van der Waals surface area contributed by atoms with Gasteiger partial charge in [-0.15, -0.1) is 0 Å². The van der Waals surface area contributed by atoms with Crippen LogP contribution in [-0.2, 0) is 0 Å². The highest BCUT2D eigenvalue weighted by Gasteiger charge is 2.24. The maximum atomic E-state index is 12.4. The van der Waals surface area contributed by atoms with Gasteiger partial charge in [-0.2, -0.15) is 0 Å². The number of benzene rings is 1. The summed E-state index contributed by atoms with van der Waals surface area (Å²) in [6.45, 7) is 2.38. The van der Waals surface area contributed by atoms with E-state index in [0.717, 1.165) is 37.2 Å². The van der Waals surface area contributed by atoms with Crippen molar-refractivity contribution in [2.45, 2.75) is 25.3 Å². The molecule has 0 saturated carbocycles. The molecule has 3 rings (SSSR count). The van der Waals surface area contributed by atoms with Gasteiger partial charge in [0.2, 0.25) is 5.76 Å². The molecule has 0 aliphatic carbocycles. The smallest absolute Gasteiger partial charge is 0.371 e. The van der Waals surface area contributed by atoms with Gasteiger partial charge in [0.05, 0.1) is 13.2 Å². The van der Waals surface area contributed by atoms with Crippen molar-refractivity contribution in [2.75, 3.05) is 26.7 Å². The highest BCUT2D eigenvalue weighted by Crippen LogP contribution is 2.26. The normalized spacial score (nSPS) is 15.9. The van der Waals surface area contributed by atoms with E-state index in [0.29, 0.717) is 6.54 Å². The molecule has 7 nitrogen and oxygen atoms in total.